The van der Waals surface area contributed by atoms with Crippen LogP contribution in [-0.4, -0.2) is 70.0 Å². The van der Waals surface area contributed by atoms with E-state index in [1.807, 2.05) is 0 Å². The zero-order chi connectivity index (χ0) is 17.1. The molecule has 0 aliphatic carbocycles. The van der Waals surface area contributed by atoms with Crippen molar-refractivity contribution in [3.05, 3.63) is 47.5 Å². The van der Waals surface area contributed by atoms with Crippen LogP contribution in [0.5, 0.6) is 0 Å². The number of ether oxygens (including phenoxy) is 1. The largest absolute Gasteiger partial charge is 0.376 e. The molecule has 1 atom stereocenters. The normalized spacial score (nSPS) is 22.0. The number of aromatic nitrogens is 3. The van der Waals surface area contributed by atoms with Gasteiger partial charge in [-0.15, -0.1) is 10.2 Å². The average Bonchev–Trinajstić information content (AvgIpc) is 3.03. The smallest absolute Gasteiger partial charge is 0.147 e. The van der Waals surface area contributed by atoms with E-state index < -0.39 is 0 Å². The van der Waals surface area contributed by atoms with E-state index in [0.29, 0.717) is 6.10 Å². The Hall–Kier alpha value is -1.76. The van der Waals surface area contributed by atoms with Gasteiger partial charge in [-0.2, -0.15) is 0 Å². The predicted molar refractivity (Wildman–Crippen MR) is 96.4 cm³/mol. The molecular weight excluding hydrogens is 314 g/mol. The van der Waals surface area contributed by atoms with E-state index in [0.717, 1.165) is 70.5 Å². The van der Waals surface area contributed by atoms with Crippen molar-refractivity contribution < 1.29 is 4.74 Å². The molecule has 6 heteroatoms. The lowest BCUT2D eigenvalue weighted by molar-refractivity contribution is -0.0213. The van der Waals surface area contributed by atoms with Crippen LogP contribution in [0.4, 0.5) is 0 Å². The molecule has 1 unspecified atom stereocenters. The summed E-state index contributed by atoms with van der Waals surface area (Å²) in [4.78, 5) is 5.00. The summed E-state index contributed by atoms with van der Waals surface area (Å²) in [5, 5.41) is 8.89. The van der Waals surface area contributed by atoms with E-state index in [9.17, 15) is 0 Å². The predicted octanol–water partition coefficient (Wildman–Crippen LogP) is 1.41. The molecule has 1 saturated heterocycles. The van der Waals surface area contributed by atoms with Gasteiger partial charge < -0.3 is 9.30 Å². The maximum atomic E-state index is 5.62. The highest BCUT2D eigenvalue weighted by molar-refractivity contribution is 5.19. The topological polar surface area (TPSA) is 46.4 Å². The van der Waals surface area contributed by atoms with Crippen LogP contribution in [0.2, 0.25) is 0 Å². The van der Waals surface area contributed by atoms with Crippen LogP contribution >= 0.6 is 0 Å². The Kier molecular flexibility index (Phi) is 5.10. The number of hydrogen-bond donors (Lipinski definition) is 0. The van der Waals surface area contributed by atoms with Gasteiger partial charge in [-0.1, -0.05) is 30.3 Å². The van der Waals surface area contributed by atoms with Crippen molar-refractivity contribution in [3.8, 4) is 0 Å². The summed E-state index contributed by atoms with van der Waals surface area (Å²) in [5.74, 6) is 2.19. The van der Waals surface area contributed by atoms with E-state index in [4.69, 9.17) is 4.74 Å². The molecule has 4 rings (SSSR count). The number of benzene rings is 1. The van der Waals surface area contributed by atoms with Crippen molar-refractivity contribution in [1.29, 1.82) is 0 Å². The first-order valence-corrected chi connectivity index (χ1v) is 9.29. The molecule has 1 fully saturated rings. The summed E-state index contributed by atoms with van der Waals surface area (Å²) in [6, 6.07) is 10.5. The summed E-state index contributed by atoms with van der Waals surface area (Å²) in [5.41, 5.74) is 1.29. The van der Waals surface area contributed by atoms with Gasteiger partial charge in [0.1, 0.15) is 11.6 Å². The van der Waals surface area contributed by atoms with E-state index in [-0.39, 0.29) is 0 Å². The second-order valence-corrected chi connectivity index (χ2v) is 7.10. The van der Waals surface area contributed by atoms with Gasteiger partial charge in [0.2, 0.25) is 0 Å². The summed E-state index contributed by atoms with van der Waals surface area (Å²) in [7, 11) is 0. The Morgan fingerprint density at radius 2 is 1.88 bits per heavy atom. The average molecular weight is 341 g/mol. The Balaban J connectivity index is 1.33. The van der Waals surface area contributed by atoms with Gasteiger partial charge in [0.25, 0.3) is 0 Å². The van der Waals surface area contributed by atoms with Crippen LogP contribution in [0.25, 0.3) is 0 Å². The fourth-order valence-electron chi connectivity index (χ4n) is 3.74. The lowest BCUT2D eigenvalue weighted by Gasteiger charge is -2.34. The maximum absolute atomic E-state index is 5.62. The quantitative estimate of drug-likeness (QED) is 0.823. The molecule has 1 aromatic carbocycles. The number of rotatable bonds is 5. The molecule has 0 saturated carbocycles. The Bertz CT molecular complexity index is 686. The molecular formula is C19H27N5O. The van der Waals surface area contributed by atoms with Gasteiger partial charge in [-0.3, -0.25) is 9.80 Å². The summed E-state index contributed by atoms with van der Waals surface area (Å²) in [6.45, 7) is 10.3. The summed E-state index contributed by atoms with van der Waals surface area (Å²) in [6.07, 6.45) is 1.22. The number of hydrogen-bond acceptors (Lipinski definition) is 5. The van der Waals surface area contributed by atoms with Crippen LogP contribution in [0.1, 0.15) is 24.1 Å². The molecule has 25 heavy (non-hydrogen) atoms. The molecule has 6 nitrogen and oxygen atoms in total. The molecule has 2 aromatic rings. The molecule has 134 valence electrons. The fourth-order valence-corrected chi connectivity index (χ4v) is 3.74. The van der Waals surface area contributed by atoms with Crippen molar-refractivity contribution in [3.63, 3.8) is 0 Å². The van der Waals surface area contributed by atoms with Gasteiger partial charge >= 0.3 is 0 Å². The molecule has 2 aliphatic heterocycles. The van der Waals surface area contributed by atoms with Crippen molar-refractivity contribution in [2.24, 2.45) is 0 Å². The lowest BCUT2D eigenvalue weighted by atomic mass is 10.1. The molecule has 1 aromatic heterocycles. The second-order valence-electron chi connectivity index (χ2n) is 7.10. The summed E-state index contributed by atoms with van der Waals surface area (Å²) < 4.78 is 7.93. The van der Waals surface area contributed by atoms with Gasteiger partial charge in [0.05, 0.1) is 19.3 Å². The maximum Gasteiger partial charge on any atom is 0.147 e. The monoisotopic (exact) mass is 341 g/mol. The Morgan fingerprint density at radius 1 is 1.04 bits per heavy atom. The molecule has 0 radical (unpaired) electrons. The molecule has 2 aliphatic rings. The number of fused-ring (bicyclic) bond motifs is 1. The van der Waals surface area contributed by atoms with Gasteiger partial charge in [0.15, 0.2) is 0 Å². The zero-order valence-corrected chi connectivity index (χ0v) is 15.0. The SMILES string of the molecule is CC1CN(CCN2CCn3c(Cc4ccccc4)nnc3C2)CCO1. The first-order valence-electron chi connectivity index (χ1n) is 9.29. The third-order valence-corrected chi connectivity index (χ3v) is 5.17. The van der Waals surface area contributed by atoms with Crippen LogP contribution in [0.15, 0.2) is 30.3 Å². The van der Waals surface area contributed by atoms with E-state index in [1.54, 1.807) is 0 Å². The van der Waals surface area contributed by atoms with Crippen LogP contribution < -0.4 is 0 Å². The Labute approximate surface area is 149 Å². The minimum Gasteiger partial charge on any atom is -0.376 e. The third kappa shape index (κ3) is 4.08. The van der Waals surface area contributed by atoms with E-state index in [1.165, 1.54) is 5.56 Å². The van der Waals surface area contributed by atoms with Gasteiger partial charge in [0, 0.05) is 45.7 Å². The van der Waals surface area contributed by atoms with Crippen molar-refractivity contribution in [1.82, 2.24) is 24.6 Å². The highest BCUT2D eigenvalue weighted by Gasteiger charge is 2.22. The number of nitrogens with zero attached hydrogens (tertiary/aromatic N) is 5. The summed E-state index contributed by atoms with van der Waals surface area (Å²) >= 11 is 0. The van der Waals surface area contributed by atoms with Crippen molar-refractivity contribution in [2.75, 3.05) is 39.3 Å². The van der Waals surface area contributed by atoms with Crippen LogP contribution in [0.3, 0.4) is 0 Å². The molecule has 0 bridgehead atoms. The van der Waals surface area contributed by atoms with Crippen LogP contribution in [0, 0.1) is 0 Å². The minimum absolute atomic E-state index is 0.360. The molecule has 3 heterocycles. The third-order valence-electron chi connectivity index (χ3n) is 5.17. The molecule has 0 N–H and O–H groups in total. The first-order chi connectivity index (χ1) is 12.3. The van der Waals surface area contributed by atoms with E-state index >= 15 is 0 Å². The Morgan fingerprint density at radius 3 is 2.72 bits per heavy atom. The second kappa shape index (κ2) is 7.64. The highest BCUT2D eigenvalue weighted by Crippen LogP contribution is 2.15. The van der Waals surface area contributed by atoms with Gasteiger partial charge in [-0.05, 0) is 12.5 Å². The van der Waals surface area contributed by atoms with Gasteiger partial charge in [-0.25, -0.2) is 0 Å². The van der Waals surface area contributed by atoms with Crippen molar-refractivity contribution in [2.45, 2.75) is 32.5 Å². The van der Waals surface area contributed by atoms with Crippen LogP contribution in [-0.2, 0) is 24.2 Å². The minimum atomic E-state index is 0.360. The molecule has 0 amide bonds. The number of morpholine rings is 1. The lowest BCUT2D eigenvalue weighted by Crippen LogP contribution is -2.45. The standard InChI is InChI=1S/C19H27N5O/c1-16-14-23(11-12-25-16)8-7-22-9-10-24-18(20-21-19(24)15-22)13-17-5-3-2-4-6-17/h2-6,16H,7-15H2,1H3. The highest BCUT2D eigenvalue weighted by atomic mass is 16.5. The zero-order valence-electron chi connectivity index (χ0n) is 15.0. The van der Waals surface area contributed by atoms with Crippen molar-refractivity contribution >= 4 is 0 Å². The fraction of sp³-hybridized carbons (Fsp3) is 0.579. The van der Waals surface area contributed by atoms with E-state index in [2.05, 4.69) is 61.8 Å². The molecule has 0 spiro atoms. The first kappa shape index (κ1) is 16.7.